The highest BCUT2D eigenvalue weighted by Crippen LogP contribution is 2.48. The Bertz CT molecular complexity index is 643. The summed E-state index contributed by atoms with van der Waals surface area (Å²) in [6.07, 6.45) is 2.34. The third-order valence-electron chi connectivity index (χ3n) is 3.33. The van der Waals surface area contributed by atoms with Crippen molar-refractivity contribution in [3.8, 4) is 17.0 Å². The molecular formula is C15H15BrFNO2S. The Morgan fingerprint density at radius 1 is 1.38 bits per heavy atom. The summed E-state index contributed by atoms with van der Waals surface area (Å²) < 4.78 is 25.5. The Balaban J connectivity index is 1.85. The highest BCUT2D eigenvalue weighted by molar-refractivity contribution is 9.11. The first kappa shape index (κ1) is 14.9. The third kappa shape index (κ3) is 3.44. The van der Waals surface area contributed by atoms with Gasteiger partial charge in [0.2, 0.25) is 0 Å². The average Bonchev–Trinajstić information content (AvgIpc) is 3.23. The molecule has 112 valence electrons. The number of methoxy groups -OCH3 is 1. The molecule has 0 bridgehead atoms. The molecule has 0 amide bonds. The average molecular weight is 372 g/mol. The molecule has 0 saturated heterocycles. The highest BCUT2D eigenvalue weighted by atomic mass is 79.9. The summed E-state index contributed by atoms with van der Waals surface area (Å²) in [6, 6.07) is 4.93. The molecule has 1 aliphatic rings. The van der Waals surface area contributed by atoms with Gasteiger partial charge in [-0.2, -0.15) is 0 Å². The Morgan fingerprint density at radius 2 is 2.19 bits per heavy atom. The zero-order chi connectivity index (χ0) is 14.8. The van der Waals surface area contributed by atoms with E-state index in [1.54, 1.807) is 30.6 Å². The maximum atomic E-state index is 14.4. The van der Waals surface area contributed by atoms with Crippen LogP contribution in [0.5, 0.6) is 5.75 Å². The Hall–Kier alpha value is -0.980. The van der Waals surface area contributed by atoms with E-state index in [4.69, 9.17) is 9.47 Å². The van der Waals surface area contributed by atoms with E-state index >= 15 is 0 Å². The molecule has 0 spiro atoms. The number of halogens is 2. The number of rotatable bonds is 6. The van der Waals surface area contributed by atoms with Crippen LogP contribution in [0.1, 0.15) is 23.6 Å². The van der Waals surface area contributed by atoms with Crippen LogP contribution in [-0.2, 0) is 4.74 Å². The molecule has 1 heterocycles. The lowest BCUT2D eigenvalue weighted by Crippen LogP contribution is -2.04. The number of ether oxygens (including phenoxy) is 2. The van der Waals surface area contributed by atoms with Crippen molar-refractivity contribution in [1.82, 2.24) is 4.98 Å². The van der Waals surface area contributed by atoms with Gasteiger partial charge < -0.3 is 9.47 Å². The second-order valence-corrected chi connectivity index (χ2v) is 7.24. The number of thiazole rings is 1. The SMILES string of the molecule is COCCOc1ccc(-c2nc(Br)sc2C2CC2)c(F)c1. The molecule has 3 rings (SSSR count). The van der Waals surface area contributed by atoms with E-state index in [0.717, 1.165) is 9.61 Å². The van der Waals surface area contributed by atoms with Gasteiger partial charge in [0.15, 0.2) is 3.92 Å². The molecule has 0 aliphatic heterocycles. The minimum Gasteiger partial charge on any atom is -0.491 e. The number of hydrogen-bond donors (Lipinski definition) is 0. The third-order valence-corrected chi connectivity index (χ3v) is 5.00. The monoisotopic (exact) mass is 371 g/mol. The molecule has 3 nitrogen and oxygen atoms in total. The van der Waals surface area contributed by atoms with E-state index in [1.165, 1.54) is 23.8 Å². The first-order valence-electron chi connectivity index (χ1n) is 6.77. The van der Waals surface area contributed by atoms with Crippen molar-refractivity contribution in [3.63, 3.8) is 0 Å². The molecule has 1 fully saturated rings. The van der Waals surface area contributed by atoms with Crippen molar-refractivity contribution in [1.29, 1.82) is 0 Å². The van der Waals surface area contributed by atoms with Crippen molar-refractivity contribution in [3.05, 3.63) is 32.8 Å². The Morgan fingerprint density at radius 3 is 2.86 bits per heavy atom. The molecule has 21 heavy (non-hydrogen) atoms. The van der Waals surface area contributed by atoms with Crippen LogP contribution < -0.4 is 4.74 Å². The minimum absolute atomic E-state index is 0.301. The Kier molecular flexibility index (Phi) is 4.57. The summed E-state index contributed by atoms with van der Waals surface area (Å²) >= 11 is 5.00. The van der Waals surface area contributed by atoms with Crippen LogP contribution in [0.3, 0.4) is 0 Å². The second-order valence-electron chi connectivity index (χ2n) is 4.94. The van der Waals surface area contributed by atoms with E-state index in [2.05, 4.69) is 20.9 Å². The fraction of sp³-hybridized carbons (Fsp3) is 0.400. The number of benzene rings is 1. The fourth-order valence-electron chi connectivity index (χ4n) is 2.14. The van der Waals surface area contributed by atoms with Crippen molar-refractivity contribution in [2.45, 2.75) is 18.8 Å². The van der Waals surface area contributed by atoms with Crippen molar-refractivity contribution in [2.75, 3.05) is 20.3 Å². The van der Waals surface area contributed by atoms with Gasteiger partial charge in [0.25, 0.3) is 0 Å². The maximum Gasteiger partial charge on any atom is 0.160 e. The molecule has 0 unspecified atom stereocenters. The molecule has 1 aromatic carbocycles. The molecule has 1 saturated carbocycles. The minimum atomic E-state index is -0.301. The first-order chi connectivity index (χ1) is 10.2. The van der Waals surface area contributed by atoms with Gasteiger partial charge in [0.05, 0.1) is 12.3 Å². The lowest BCUT2D eigenvalue weighted by molar-refractivity contribution is 0.146. The predicted molar refractivity (Wildman–Crippen MR) is 84.6 cm³/mol. The Labute approximate surface area is 135 Å². The number of aromatic nitrogens is 1. The molecule has 6 heteroatoms. The molecule has 1 aromatic heterocycles. The van der Waals surface area contributed by atoms with Gasteiger partial charge in [0.1, 0.15) is 18.2 Å². The van der Waals surface area contributed by atoms with Crippen molar-refractivity contribution in [2.24, 2.45) is 0 Å². The summed E-state index contributed by atoms with van der Waals surface area (Å²) in [5, 5.41) is 0. The van der Waals surface area contributed by atoms with Crippen LogP contribution in [0.2, 0.25) is 0 Å². The van der Waals surface area contributed by atoms with E-state index in [0.29, 0.717) is 30.4 Å². The standard InChI is InChI=1S/C15H15BrFNO2S/c1-19-6-7-20-10-4-5-11(12(17)8-10)13-14(9-2-3-9)21-15(16)18-13/h4-5,8-9H,2-3,6-7H2,1H3. The summed E-state index contributed by atoms with van der Waals surface area (Å²) in [6.45, 7) is 0.888. The zero-order valence-electron chi connectivity index (χ0n) is 11.6. The molecule has 0 N–H and O–H groups in total. The van der Waals surface area contributed by atoms with Gasteiger partial charge in [-0.1, -0.05) is 0 Å². The van der Waals surface area contributed by atoms with E-state index in [1.807, 2.05) is 0 Å². The molecule has 1 aliphatic carbocycles. The zero-order valence-corrected chi connectivity index (χ0v) is 14.0. The normalized spacial score (nSPS) is 14.4. The molecule has 2 aromatic rings. The summed E-state index contributed by atoms with van der Waals surface area (Å²) in [7, 11) is 1.60. The highest BCUT2D eigenvalue weighted by Gasteiger charge is 2.30. The van der Waals surface area contributed by atoms with Crippen LogP contribution in [0, 0.1) is 5.82 Å². The number of nitrogens with zero attached hydrogens (tertiary/aromatic N) is 1. The fourth-order valence-corrected chi connectivity index (χ4v) is 3.81. The van der Waals surface area contributed by atoms with E-state index in [9.17, 15) is 4.39 Å². The first-order valence-corrected chi connectivity index (χ1v) is 8.38. The van der Waals surface area contributed by atoms with Crippen molar-refractivity contribution >= 4 is 27.3 Å². The second kappa shape index (κ2) is 6.42. The molecule has 0 atom stereocenters. The largest absolute Gasteiger partial charge is 0.491 e. The summed E-state index contributed by atoms with van der Waals surface area (Å²) in [5.74, 6) is 0.751. The van der Waals surface area contributed by atoms with Crippen LogP contribution in [0.15, 0.2) is 22.1 Å². The molecule has 0 radical (unpaired) electrons. The summed E-state index contributed by atoms with van der Waals surface area (Å²) in [5.41, 5.74) is 1.30. The van der Waals surface area contributed by atoms with Gasteiger partial charge in [-0.3, -0.25) is 0 Å². The van der Waals surface area contributed by atoms with Crippen LogP contribution in [-0.4, -0.2) is 25.3 Å². The quantitative estimate of drug-likeness (QED) is 0.694. The smallest absolute Gasteiger partial charge is 0.160 e. The molecular weight excluding hydrogens is 357 g/mol. The van der Waals surface area contributed by atoms with Gasteiger partial charge in [-0.05, 0) is 46.8 Å². The van der Waals surface area contributed by atoms with Crippen molar-refractivity contribution < 1.29 is 13.9 Å². The summed E-state index contributed by atoms with van der Waals surface area (Å²) in [4.78, 5) is 5.62. The van der Waals surface area contributed by atoms with Crippen LogP contribution in [0.4, 0.5) is 4.39 Å². The van der Waals surface area contributed by atoms with E-state index < -0.39 is 0 Å². The van der Waals surface area contributed by atoms with Crippen LogP contribution in [0.25, 0.3) is 11.3 Å². The number of hydrogen-bond acceptors (Lipinski definition) is 4. The van der Waals surface area contributed by atoms with Gasteiger partial charge >= 0.3 is 0 Å². The van der Waals surface area contributed by atoms with Gasteiger partial charge in [-0.15, -0.1) is 11.3 Å². The lowest BCUT2D eigenvalue weighted by Gasteiger charge is -2.08. The van der Waals surface area contributed by atoms with E-state index in [-0.39, 0.29) is 5.82 Å². The topological polar surface area (TPSA) is 31.4 Å². The lowest BCUT2D eigenvalue weighted by atomic mass is 10.1. The maximum absolute atomic E-state index is 14.4. The van der Waals surface area contributed by atoms with Gasteiger partial charge in [-0.25, -0.2) is 9.37 Å². The van der Waals surface area contributed by atoms with Crippen LogP contribution >= 0.6 is 27.3 Å². The predicted octanol–water partition coefficient (Wildman–Crippen LogP) is 4.61. The van der Waals surface area contributed by atoms with Gasteiger partial charge in [0, 0.05) is 23.6 Å².